The average Bonchev–Trinajstić information content (AvgIpc) is 2.54. The van der Waals surface area contributed by atoms with Crippen LogP contribution in [-0.2, 0) is 0 Å². The number of phenols is 1. The van der Waals surface area contributed by atoms with E-state index in [0.717, 1.165) is 39.0 Å². The highest BCUT2D eigenvalue weighted by atomic mass is 35.5. The lowest BCUT2D eigenvalue weighted by Crippen LogP contribution is -2.47. The molecule has 1 atom stereocenters. The Hall–Kier alpha value is -0.750. The fourth-order valence-corrected chi connectivity index (χ4v) is 4.03. The van der Waals surface area contributed by atoms with Gasteiger partial charge in [0.1, 0.15) is 11.6 Å². The summed E-state index contributed by atoms with van der Waals surface area (Å²) in [6.45, 7) is 3.73. The van der Waals surface area contributed by atoms with E-state index in [0.29, 0.717) is 11.5 Å². The number of hydrogen-bond acceptors (Lipinski definition) is 4. The lowest BCUT2D eigenvalue weighted by molar-refractivity contribution is 0.101. The molecule has 24 heavy (non-hydrogen) atoms. The molecule has 4 nitrogen and oxygen atoms in total. The smallest absolute Gasteiger partial charge is 0.143 e. The molecule has 7 heteroatoms. The number of halogens is 3. The topological polar surface area (TPSA) is 61.5 Å². The Balaban J connectivity index is 0.00000144. The first-order valence-electron chi connectivity index (χ1n) is 8.39. The molecule has 1 aromatic rings. The zero-order chi connectivity index (χ0) is 15.5. The number of phenolic OH excluding ortho intramolecular Hbond substituents is 1. The first kappa shape index (κ1) is 21.3. The summed E-state index contributed by atoms with van der Waals surface area (Å²) >= 11 is 0. The lowest BCUT2D eigenvalue weighted by atomic mass is 9.79. The van der Waals surface area contributed by atoms with Crippen LogP contribution in [0.15, 0.2) is 12.1 Å². The zero-order valence-corrected chi connectivity index (χ0v) is 15.5. The fourth-order valence-electron chi connectivity index (χ4n) is 4.03. The minimum atomic E-state index is -0.360. The van der Waals surface area contributed by atoms with Gasteiger partial charge < -0.3 is 16.2 Å². The van der Waals surface area contributed by atoms with E-state index in [1.807, 2.05) is 0 Å². The van der Waals surface area contributed by atoms with Crippen LogP contribution in [0.4, 0.5) is 10.1 Å². The van der Waals surface area contributed by atoms with Crippen molar-refractivity contribution in [2.24, 2.45) is 5.92 Å². The van der Waals surface area contributed by atoms with Gasteiger partial charge in [0, 0.05) is 43.9 Å². The van der Waals surface area contributed by atoms with Crippen LogP contribution >= 0.6 is 24.8 Å². The van der Waals surface area contributed by atoms with Gasteiger partial charge in [0.2, 0.25) is 0 Å². The number of aromatic hydroxyl groups is 1. The van der Waals surface area contributed by atoms with Crippen molar-refractivity contribution in [3.63, 3.8) is 0 Å². The van der Waals surface area contributed by atoms with Gasteiger partial charge in [-0.15, -0.1) is 24.8 Å². The van der Waals surface area contributed by atoms with Crippen molar-refractivity contribution in [3.8, 4) is 5.75 Å². The second-order valence-electron chi connectivity index (χ2n) is 6.56. The molecule has 4 N–H and O–H groups in total. The number of benzene rings is 1. The Morgan fingerprint density at radius 1 is 1.12 bits per heavy atom. The summed E-state index contributed by atoms with van der Waals surface area (Å²) in [4.78, 5) is 2.39. The number of rotatable bonds is 3. The van der Waals surface area contributed by atoms with Gasteiger partial charge in [-0.1, -0.05) is 19.3 Å². The molecule has 0 bridgehead atoms. The maximum atomic E-state index is 13.9. The van der Waals surface area contributed by atoms with Crippen molar-refractivity contribution in [3.05, 3.63) is 23.5 Å². The van der Waals surface area contributed by atoms with Gasteiger partial charge >= 0.3 is 0 Å². The number of anilines is 1. The normalized spacial score (nSPS) is 20.7. The van der Waals surface area contributed by atoms with Crippen LogP contribution in [0.3, 0.4) is 0 Å². The summed E-state index contributed by atoms with van der Waals surface area (Å²) in [5, 5.41) is 13.8. The highest BCUT2D eigenvalue weighted by Gasteiger charge is 2.33. The van der Waals surface area contributed by atoms with Gasteiger partial charge in [0.15, 0.2) is 0 Å². The van der Waals surface area contributed by atoms with Crippen LogP contribution in [0.2, 0.25) is 0 Å². The molecule has 2 fully saturated rings. The molecular weight excluding hydrogens is 352 g/mol. The maximum Gasteiger partial charge on any atom is 0.143 e. The highest BCUT2D eigenvalue weighted by molar-refractivity contribution is 5.85. The molecule has 3 rings (SSSR count). The molecule has 1 aliphatic heterocycles. The number of hydrogen-bond donors (Lipinski definition) is 3. The van der Waals surface area contributed by atoms with Gasteiger partial charge in [0.25, 0.3) is 0 Å². The molecule has 0 unspecified atom stereocenters. The molecular formula is C17H28Cl2FN3O. The first-order chi connectivity index (χ1) is 10.7. The van der Waals surface area contributed by atoms with Gasteiger partial charge in [0.05, 0.1) is 5.69 Å². The molecule has 1 aromatic carbocycles. The standard InChI is InChI=1S/C17H26FN3O.2ClH/c18-13-10-14(17(22)15(19)11-13)16(12-4-2-1-3-5-12)21-8-6-20-7-9-21;;/h10-12,16,20,22H,1-9,19H2;2*1H/t16-;;/m1../s1. The molecule has 1 saturated carbocycles. The van der Waals surface area contributed by atoms with E-state index in [1.54, 1.807) is 0 Å². The fraction of sp³-hybridized carbons (Fsp3) is 0.647. The number of nitrogens with two attached hydrogens (primary N) is 1. The molecule has 1 saturated heterocycles. The van der Waals surface area contributed by atoms with Crippen molar-refractivity contribution in [1.29, 1.82) is 0 Å². The quantitative estimate of drug-likeness (QED) is 0.555. The third-order valence-electron chi connectivity index (χ3n) is 5.09. The van der Waals surface area contributed by atoms with E-state index >= 15 is 0 Å². The third-order valence-corrected chi connectivity index (χ3v) is 5.09. The van der Waals surface area contributed by atoms with Crippen molar-refractivity contribution >= 4 is 30.5 Å². The summed E-state index contributed by atoms with van der Waals surface area (Å²) in [5.74, 6) is 0.177. The van der Waals surface area contributed by atoms with Gasteiger partial charge in [-0.25, -0.2) is 4.39 Å². The second-order valence-corrected chi connectivity index (χ2v) is 6.56. The number of nitrogens with one attached hydrogen (secondary N) is 1. The Labute approximate surface area is 155 Å². The number of piperazine rings is 1. The van der Waals surface area contributed by atoms with Crippen LogP contribution in [0.1, 0.15) is 43.7 Å². The van der Waals surface area contributed by atoms with Gasteiger partial charge in [-0.05, 0) is 24.8 Å². The minimum absolute atomic E-state index is 0. The number of nitrogens with zero attached hydrogens (tertiary/aromatic N) is 1. The van der Waals surface area contributed by atoms with Crippen LogP contribution in [-0.4, -0.2) is 36.2 Å². The van der Waals surface area contributed by atoms with Crippen LogP contribution in [0, 0.1) is 11.7 Å². The van der Waals surface area contributed by atoms with E-state index in [1.165, 1.54) is 31.4 Å². The Bertz CT molecular complexity index is 503. The maximum absolute atomic E-state index is 13.9. The molecule has 0 amide bonds. The van der Waals surface area contributed by atoms with Crippen LogP contribution in [0.5, 0.6) is 5.75 Å². The summed E-state index contributed by atoms with van der Waals surface area (Å²) in [7, 11) is 0. The third kappa shape index (κ3) is 4.66. The average molecular weight is 380 g/mol. The molecule has 2 aliphatic rings. The molecule has 0 aromatic heterocycles. The van der Waals surface area contributed by atoms with Crippen LogP contribution < -0.4 is 11.1 Å². The van der Waals surface area contributed by atoms with Gasteiger partial charge in [-0.2, -0.15) is 0 Å². The molecule has 1 aliphatic carbocycles. The summed E-state index contributed by atoms with van der Waals surface area (Å²) in [6, 6.07) is 2.75. The Kier molecular flexibility index (Phi) is 8.57. The predicted molar refractivity (Wildman–Crippen MR) is 101 cm³/mol. The van der Waals surface area contributed by atoms with E-state index in [9.17, 15) is 9.50 Å². The first-order valence-corrected chi connectivity index (χ1v) is 8.39. The molecule has 1 heterocycles. The number of nitrogen functional groups attached to an aromatic ring is 1. The summed E-state index contributed by atoms with van der Waals surface area (Å²) in [6.07, 6.45) is 6.01. The lowest BCUT2D eigenvalue weighted by Gasteiger charge is -2.41. The molecule has 0 radical (unpaired) electrons. The minimum Gasteiger partial charge on any atom is -0.505 e. The molecule has 138 valence electrons. The van der Waals surface area contributed by atoms with E-state index in [-0.39, 0.29) is 48.1 Å². The molecule has 0 spiro atoms. The predicted octanol–water partition coefficient (Wildman–Crippen LogP) is 3.48. The zero-order valence-electron chi connectivity index (χ0n) is 13.8. The van der Waals surface area contributed by atoms with E-state index in [4.69, 9.17) is 5.73 Å². The van der Waals surface area contributed by atoms with Crippen molar-refractivity contribution in [1.82, 2.24) is 10.2 Å². The van der Waals surface area contributed by atoms with E-state index in [2.05, 4.69) is 10.2 Å². The largest absolute Gasteiger partial charge is 0.505 e. The van der Waals surface area contributed by atoms with E-state index < -0.39 is 0 Å². The summed E-state index contributed by atoms with van der Waals surface area (Å²) in [5.41, 5.74) is 6.61. The highest BCUT2D eigenvalue weighted by Crippen LogP contribution is 2.43. The van der Waals surface area contributed by atoms with Gasteiger partial charge in [-0.3, -0.25) is 4.90 Å². The van der Waals surface area contributed by atoms with Crippen molar-refractivity contribution in [2.75, 3.05) is 31.9 Å². The Morgan fingerprint density at radius 2 is 1.75 bits per heavy atom. The Morgan fingerprint density at radius 3 is 2.38 bits per heavy atom. The van der Waals surface area contributed by atoms with Crippen molar-refractivity contribution < 1.29 is 9.50 Å². The summed E-state index contributed by atoms with van der Waals surface area (Å²) < 4.78 is 13.9. The van der Waals surface area contributed by atoms with Crippen molar-refractivity contribution in [2.45, 2.75) is 38.1 Å². The monoisotopic (exact) mass is 379 g/mol. The SMILES string of the molecule is Cl.Cl.Nc1cc(F)cc([C@@H](C2CCCCC2)N2CCNCC2)c1O. The second kappa shape index (κ2) is 9.66. The van der Waals surface area contributed by atoms with Crippen LogP contribution in [0.25, 0.3) is 0 Å².